The van der Waals surface area contributed by atoms with Gasteiger partial charge in [0.05, 0.1) is 12.4 Å². The molecule has 0 saturated heterocycles. The molecule has 0 aliphatic rings. The minimum absolute atomic E-state index is 0. The molecule has 2 aromatic carbocycles. The van der Waals surface area contributed by atoms with Gasteiger partial charge in [-0.25, -0.2) is 15.6 Å². The van der Waals surface area contributed by atoms with Gasteiger partial charge in [0.2, 0.25) is 0 Å². The number of amides is 2. The number of carbonyl (C=O) groups excluding carboxylic acids is 1. The van der Waals surface area contributed by atoms with Crippen molar-refractivity contribution in [2.45, 2.75) is 13.8 Å². The molecule has 0 unspecified atom stereocenters. The number of benzene rings is 2. The smallest absolute Gasteiger partial charge is 0.355 e. The number of hydrogen-bond acceptors (Lipinski definition) is 5. The van der Waals surface area contributed by atoms with Crippen molar-refractivity contribution in [2.75, 3.05) is 0 Å². The Morgan fingerprint density at radius 2 is 1.28 bits per heavy atom. The van der Waals surface area contributed by atoms with Crippen molar-refractivity contribution in [1.82, 2.24) is 10.9 Å². The van der Waals surface area contributed by atoms with E-state index in [2.05, 4.69) is 21.1 Å². The molecule has 7 nitrogen and oxygen atoms in total. The van der Waals surface area contributed by atoms with E-state index in [1.165, 1.54) is 12.4 Å². The largest absolute Gasteiger partial charge is 0.507 e. The Morgan fingerprint density at radius 1 is 0.880 bits per heavy atom. The SMILES string of the molecule is Cc1ccc(/C=N/NC(=O)N/N=C/c2ccc(C)cc2O)c(O)c1.[Co]. The molecule has 4 N–H and O–H groups in total. The Morgan fingerprint density at radius 3 is 1.64 bits per heavy atom. The molecule has 0 saturated carbocycles. The summed E-state index contributed by atoms with van der Waals surface area (Å²) in [6, 6.07) is 9.55. The topological polar surface area (TPSA) is 106 Å². The summed E-state index contributed by atoms with van der Waals surface area (Å²) in [6.07, 6.45) is 2.65. The van der Waals surface area contributed by atoms with Gasteiger partial charge in [-0.15, -0.1) is 0 Å². The Bertz CT molecular complexity index is 741. The van der Waals surface area contributed by atoms with Crippen LogP contribution in [-0.4, -0.2) is 28.7 Å². The number of rotatable bonds is 4. The first-order chi connectivity index (χ1) is 11.5. The van der Waals surface area contributed by atoms with Crippen LogP contribution in [0.4, 0.5) is 4.79 Å². The first-order valence-corrected chi connectivity index (χ1v) is 7.17. The molecule has 0 heterocycles. The molecule has 2 aromatic rings. The zero-order valence-corrected chi connectivity index (χ0v) is 14.7. The fourth-order valence-corrected chi connectivity index (χ4v) is 1.87. The van der Waals surface area contributed by atoms with E-state index in [4.69, 9.17) is 0 Å². The van der Waals surface area contributed by atoms with E-state index < -0.39 is 6.03 Å². The van der Waals surface area contributed by atoms with Crippen molar-refractivity contribution in [3.05, 3.63) is 58.7 Å². The Kier molecular flexibility index (Phi) is 7.64. The molecule has 0 aliphatic heterocycles. The second-order valence-corrected chi connectivity index (χ2v) is 5.19. The van der Waals surface area contributed by atoms with Crippen molar-refractivity contribution in [1.29, 1.82) is 0 Å². The summed E-state index contributed by atoms with van der Waals surface area (Å²) in [7, 11) is 0. The number of carbonyl (C=O) groups is 1. The van der Waals surface area contributed by atoms with Crippen LogP contribution in [0.15, 0.2) is 46.6 Å². The van der Waals surface area contributed by atoms with Gasteiger partial charge in [-0.05, 0) is 49.2 Å². The molecule has 2 rings (SSSR count). The van der Waals surface area contributed by atoms with Gasteiger partial charge >= 0.3 is 6.03 Å². The number of hydrogen-bond donors (Lipinski definition) is 4. The molecule has 8 heteroatoms. The van der Waals surface area contributed by atoms with Gasteiger partial charge in [0.15, 0.2) is 0 Å². The van der Waals surface area contributed by atoms with Crippen LogP contribution >= 0.6 is 0 Å². The quantitative estimate of drug-likeness (QED) is 0.480. The van der Waals surface area contributed by atoms with E-state index in [-0.39, 0.29) is 28.3 Å². The zero-order chi connectivity index (χ0) is 17.5. The summed E-state index contributed by atoms with van der Waals surface area (Å²) in [5, 5.41) is 26.8. The number of aromatic hydroxyl groups is 2. The van der Waals surface area contributed by atoms with E-state index in [1.807, 2.05) is 26.0 Å². The van der Waals surface area contributed by atoms with Crippen LogP contribution in [0.5, 0.6) is 11.5 Å². The second kappa shape index (κ2) is 9.45. The standard InChI is InChI=1S/C17H18N4O3.Co/c1-11-3-5-13(15(22)7-11)9-18-20-17(24)21-19-10-14-6-4-12(2)8-16(14)23;/h3-10,22-23H,1-2H3,(H2,20,21,24);/b18-9+,19-10+;. The summed E-state index contributed by atoms with van der Waals surface area (Å²) in [5.41, 5.74) is 7.23. The Hall–Kier alpha value is -2.84. The van der Waals surface area contributed by atoms with Crippen molar-refractivity contribution in [3.8, 4) is 11.5 Å². The number of nitrogens with one attached hydrogen (secondary N) is 2. The zero-order valence-electron chi connectivity index (χ0n) is 13.6. The van der Waals surface area contributed by atoms with E-state index in [0.717, 1.165) is 11.1 Å². The number of nitrogens with zero attached hydrogens (tertiary/aromatic N) is 2. The third-order valence-corrected chi connectivity index (χ3v) is 3.11. The Balaban J connectivity index is 0.00000312. The van der Waals surface area contributed by atoms with E-state index >= 15 is 0 Å². The van der Waals surface area contributed by atoms with Crippen molar-refractivity contribution in [2.24, 2.45) is 10.2 Å². The maximum Gasteiger partial charge on any atom is 0.355 e. The van der Waals surface area contributed by atoms with E-state index in [0.29, 0.717) is 11.1 Å². The van der Waals surface area contributed by atoms with Crippen LogP contribution in [0.2, 0.25) is 0 Å². The molecule has 0 bridgehead atoms. The molecule has 0 aliphatic carbocycles. The third kappa shape index (κ3) is 6.28. The number of phenols is 2. The molecule has 2 amide bonds. The average Bonchev–Trinajstić information content (AvgIpc) is 2.51. The van der Waals surface area contributed by atoms with Crippen LogP contribution in [0.3, 0.4) is 0 Å². The molecule has 1 radical (unpaired) electrons. The van der Waals surface area contributed by atoms with Gasteiger partial charge in [0.1, 0.15) is 11.5 Å². The van der Waals surface area contributed by atoms with Crippen molar-refractivity contribution in [3.63, 3.8) is 0 Å². The second-order valence-electron chi connectivity index (χ2n) is 5.19. The van der Waals surface area contributed by atoms with Gasteiger partial charge in [-0.2, -0.15) is 10.2 Å². The molecular weight excluding hydrogens is 367 g/mol. The average molecular weight is 385 g/mol. The number of phenolic OH excluding ortho intramolecular Hbond substituents is 2. The molecule has 0 spiro atoms. The fourth-order valence-electron chi connectivity index (χ4n) is 1.87. The molecule has 25 heavy (non-hydrogen) atoms. The monoisotopic (exact) mass is 385 g/mol. The van der Waals surface area contributed by atoms with Crippen LogP contribution in [-0.2, 0) is 16.8 Å². The third-order valence-electron chi connectivity index (χ3n) is 3.11. The number of aryl methyl sites for hydroxylation is 2. The van der Waals surface area contributed by atoms with Crippen LogP contribution in [0.1, 0.15) is 22.3 Å². The summed E-state index contributed by atoms with van der Waals surface area (Å²) >= 11 is 0. The summed E-state index contributed by atoms with van der Waals surface area (Å²) in [4.78, 5) is 11.5. The van der Waals surface area contributed by atoms with E-state index in [9.17, 15) is 15.0 Å². The number of urea groups is 1. The Labute approximate surface area is 155 Å². The molecule has 0 aromatic heterocycles. The molecular formula is C17H18CoN4O3. The number of hydrazone groups is 2. The van der Waals surface area contributed by atoms with Gasteiger partial charge in [0, 0.05) is 27.9 Å². The fraction of sp³-hybridized carbons (Fsp3) is 0.118. The van der Waals surface area contributed by atoms with Crippen molar-refractivity contribution >= 4 is 18.5 Å². The molecule has 0 fully saturated rings. The molecule has 133 valence electrons. The summed E-state index contributed by atoms with van der Waals surface area (Å²) in [6.45, 7) is 3.71. The van der Waals surface area contributed by atoms with E-state index in [1.54, 1.807) is 24.3 Å². The molecule has 0 atom stereocenters. The van der Waals surface area contributed by atoms with Gasteiger partial charge in [-0.1, -0.05) is 12.1 Å². The maximum atomic E-state index is 11.5. The minimum atomic E-state index is -0.652. The van der Waals surface area contributed by atoms with Gasteiger partial charge < -0.3 is 10.2 Å². The van der Waals surface area contributed by atoms with Crippen LogP contribution in [0, 0.1) is 13.8 Å². The van der Waals surface area contributed by atoms with Gasteiger partial charge in [-0.3, -0.25) is 0 Å². The van der Waals surface area contributed by atoms with Gasteiger partial charge in [0.25, 0.3) is 0 Å². The first-order valence-electron chi connectivity index (χ1n) is 7.17. The van der Waals surface area contributed by atoms with Crippen LogP contribution in [0.25, 0.3) is 0 Å². The maximum absolute atomic E-state index is 11.5. The summed E-state index contributed by atoms with van der Waals surface area (Å²) in [5.74, 6) is 0.155. The predicted octanol–water partition coefficient (Wildman–Crippen LogP) is 2.38. The first kappa shape index (κ1) is 20.2. The normalized spacial score (nSPS) is 10.6. The van der Waals surface area contributed by atoms with Crippen LogP contribution < -0.4 is 10.9 Å². The summed E-state index contributed by atoms with van der Waals surface area (Å²) < 4.78 is 0. The minimum Gasteiger partial charge on any atom is -0.507 e. The van der Waals surface area contributed by atoms with Crippen molar-refractivity contribution < 1.29 is 31.8 Å². The predicted molar refractivity (Wildman–Crippen MR) is 92.5 cm³/mol.